The number of rotatable bonds is 5. The van der Waals surface area contributed by atoms with Crippen LogP contribution >= 0.6 is 0 Å². The molecule has 0 fully saturated rings. The fourth-order valence-corrected chi connectivity index (χ4v) is 2.82. The van der Waals surface area contributed by atoms with Gasteiger partial charge in [-0.2, -0.15) is 0 Å². The maximum absolute atomic E-state index is 12.1. The molecule has 1 amide bonds. The van der Waals surface area contributed by atoms with Crippen LogP contribution in [-0.2, 0) is 9.84 Å². The third kappa shape index (κ3) is 3.72. The predicted octanol–water partition coefficient (Wildman–Crippen LogP) is 2.64. The second kappa shape index (κ2) is 6.57. The van der Waals surface area contributed by atoms with E-state index in [0.29, 0.717) is 5.69 Å². The van der Waals surface area contributed by atoms with Crippen LogP contribution in [0.1, 0.15) is 17.3 Å². The predicted molar refractivity (Wildman–Crippen MR) is 85.2 cm³/mol. The van der Waals surface area contributed by atoms with Crippen molar-refractivity contribution in [1.82, 2.24) is 0 Å². The highest BCUT2D eigenvalue weighted by Gasteiger charge is 2.19. The Kier molecular flexibility index (Phi) is 4.75. The van der Waals surface area contributed by atoms with Crippen LogP contribution in [0.25, 0.3) is 0 Å². The minimum Gasteiger partial charge on any atom is -0.322 e. The Balaban J connectivity index is 2.23. The Bertz CT molecular complexity index is 844. The topological polar surface area (TPSA) is 106 Å². The number of carbonyl (C=O) groups excluding carboxylic acids is 1. The van der Waals surface area contributed by atoms with Gasteiger partial charge in [-0.3, -0.25) is 14.9 Å². The van der Waals surface area contributed by atoms with E-state index < -0.39 is 20.7 Å². The maximum atomic E-state index is 12.1. The van der Waals surface area contributed by atoms with Gasteiger partial charge in [0, 0.05) is 11.8 Å². The summed E-state index contributed by atoms with van der Waals surface area (Å²) in [6, 6.07) is 11.2. The number of nitro benzene ring substituents is 1. The van der Waals surface area contributed by atoms with Gasteiger partial charge in [-0.25, -0.2) is 8.42 Å². The van der Waals surface area contributed by atoms with Gasteiger partial charge in [-0.1, -0.05) is 19.1 Å². The van der Waals surface area contributed by atoms with E-state index in [-0.39, 0.29) is 21.9 Å². The van der Waals surface area contributed by atoms with Crippen LogP contribution in [0.5, 0.6) is 0 Å². The van der Waals surface area contributed by atoms with Crippen molar-refractivity contribution in [2.45, 2.75) is 11.8 Å². The molecule has 2 aromatic rings. The first-order valence-electron chi connectivity index (χ1n) is 6.72. The molecule has 1 N–H and O–H groups in total. The average Bonchev–Trinajstić information content (AvgIpc) is 2.55. The molecular formula is C15H14N2O5S. The van der Waals surface area contributed by atoms with Crippen molar-refractivity contribution in [3.05, 3.63) is 64.2 Å². The molecule has 8 heteroatoms. The van der Waals surface area contributed by atoms with Crippen molar-refractivity contribution in [1.29, 1.82) is 0 Å². The quantitative estimate of drug-likeness (QED) is 0.668. The van der Waals surface area contributed by atoms with Gasteiger partial charge in [0.25, 0.3) is 11.6 Å². The highest BCUT2D eigenvalue weighted by Crippen LogP contribution is 2.20. The molecule has 0 heterocycles. The Hall–Kier alpha value is -2.74. The number of sulfone groups is 1. The smallest absolute Gasteiger partial charge is 0.282 e. The van der Waals surface area contributed by atoms with E-state index in [1.807, 2.05) is 0 Å². The van der Waals surface area contributed by atoms with Crippen LogP contribution in [0.4, 0.5) is 11.4 Å². The Morgan fingerprint density at radius 3 is 2.30 bits per heavy atom. The van der Waals surface area contributed by atoms with Gasteiger partial charge in [0.15, 0.2) is 9.84 Å². The van der Waals surface area contributed by atoms with Crippen LogP contribution in [0.15, 0.2) is 53.4 Å². The number of benzene rings is 2. The summed E-state index contributed by atoms with van der Waals surface area (Å²) in [5.41, 5.74) is -0.0128. The molecule has 7 nitrogen and oxygen atoms in total. The highest BCUT2D eigenvalue weighted by molar-refractivity contribution is 7.91. The molecule has 120 valence electrons. The fourth-order valence-electron chi connectivity index (χ4n) is 1.94. The molecule has 0 unspecified atom stereocenters. The molecule has 2 aromatic carbocycles. The van der Waals surface area contributed by atoms with Crippen LogP contribution in [0.2, 0.25) is 0 Å². The SMILES string of the molecule is CCS(=O)(=O)c1ccc(NC(=O)c2ccccc2[N+](=O)[O-])cc1. The second-order valence-corrected chi connectivity index (χ2v) is 6.93. The first-order chi connectivity index (χ1) is 10.8. The van der Waals surface area contributed by atoms with Crippen molar-refractivity contribution in [2.24, 2.45) is 0 Å². The standard InChI is InChI=1S/C15H14N2O5S/c1-2-23(21,22)12-9-7-11(8-10-12)16-15(18)13-5-3-4-6-14(13)17(19)20/h3-10H,2H2,1H3,(H,16,18). The molecule has 0 aliphatic carbocycles. The van der Waals surface area contributed by atoms with E-state index in [1.54, 1.807) is 6.92 Å². The van der Waals surface area contributed by atoms with Crippen molar-refractivity contribution < 1.29 is 18.1 Å². The van der Waals surface area contributed by atoms with E-state index in [0.717, 1.165) is 0 Å². The molecule has 0 spiro atoms. The van der Waals surface area contributed by atoms with Gasteiger partial charge in [0.05, 0.1) is 15.6 Å². The molecule has 0 atom stereocenters. The Labute approximate surface area is 133 Å². The summed E-state index contributed by atoms with van der Waals surface area (Å²) in [5.74, 6) is -0.655. The van der Waals surface area contributed by atoms with E-state index in [1.165, 1.54) is 48.5 Å². The zero-order valence-corrected chi connectivity index (χ0v) is 13.0. The van der Waals surface area contributed by atoms with Gasteiger partial charge >= 0.3 is 0 Å². The minimum atomic E-state index is -3.32. The second-order valence-electron chi connectivity index (χ2n) is 4.66. The summed E-state index contributed by atoms with van der Waals surface area (Å²) >= 11 is 0. The van der Waals surface area contributed by atoms with Gasteiger partial charge in [0.2, 0.25) is 0 Å². The summed E-state index contributed by atoms with van der Waals surface area (Å²) in [6.45, 7) is 1.54. The number of carbonyl (C=O) groups is 1. The van der Waals surface area contributed by atoms with Crippen molar-refractivity contribution in [2.75, 3.05) is 11.1 Å². The summed E-state index contributed by atoms with van der Waals surface area (Å²) < 4.78 is 23.4. The van der Waals surface area contributed by atoms with Crippen molar-refractivity contribution in [3.8, 4) is 0 Å². The highest BCUT2D eigenvalue weighted by atomic mass is 32.2. The fraction of sp³-hybridized carbons (Fsp3) is 0.133. The van der Waals surface area contributed by atoms with Gasteiger partial charge in [-0.15, -0.1) is 0 Å². The lowest BCUT2D eigenvalue weighted by Gasteiger charge is -2.07. The number of anilines is 1. The largest absolute Gasteiger partial charge is 0.322 e. The third-order valence-corrected chi connectivity index (χ3v) is 4.95. The zero-order chi connectivity index (χ0) is 17.0. The van der Waals surface area contributed by atoms with E-state index in [9.17, 15) is 23.3 Å². The molecule has 2 rings (SSSR count). The Morgan fingerprint density at radius 2 is 1.74 bits per heavy atom. The lowest BCUT2D eigenvalue weighted by atomic mass is 10.1. The summed E-state index contributed by atoms with van der Waals surface area (Å²) in [5, 5.41) is 13.4. The number of nitro groups is 1. The molecule has 0 saturated carbocycles. The summed E-state index contributed by atoms with van der Waals surface area (Å²) in [7, 11) is -3.32. The molecule has 0 aliphatic rings. The molecule has 0 bridgehead atoms. The van der Waals surface area contributed by atoms with Crippen molar-refractivity contribution in [3.63, 3.8) is 0 Å². The van der Waals surface area contributed by atoms with Gasteiger partial charge in [0.1, 0.15) is 5.56 Å². The van der Waals surface area contributed by atoms with E-state index in [2.05, 4.69) is 5.32 Å². The lowest BCUT2D eigenvalue weighted by molar-refractivity contribution is -0.385. The number of nitrogens with zero attached hydrogens (tertiary/aromatic N) is 1. The number of hydrogen-bond donors (Lipinski definition) is 1. The third-order valence-electron chi connectivity index (χ3n) is 3.20. The van der Waals surface area contributed by atoms with Gasteiger partial charge in [-0.05, 0) is 30.3 Å². The maximum Gasteiger partial charge on any atom is 0.282 e. The number of hydrogen-bond acceptors (Lipinski definition) is 5. The first kappa shape index (κ1) is 16.6. The monoisotopic (exact) mass is 334 g/mol. The van der Waals surface area contributed by atoms with Crippen LogP contribution in [0, 0.1) is 10.1 Å². The van der Waals surface area contributed by atoms with Crippen LogP contribution in [0.3, 0.4) is 0 Å². The molecule has 0 aliphatic heterocycles. The average molecular weight is 334 g/mol. The zero-order valence-electron chi connectivity index (χ0n) is 12.2. The van der Waals surface area contributed by atoms with Crippen molar-refractivity contribution >= 4 is 27.1 Å². The molecule has 0 saturated heterocycles. The minimum absolute atomic E-state index is 0.0189. The van der Waals surface area contributed by atoms with Gasteiger partial charge < -0.3 is 5.32 Å². The molecule has 0 radical (unpaired) electrons. The lowest BCUT2D eigenvalue weighted by Crippen LogP contribution is -2.14. The van der Waals surface area contributed by atoms with Crippen LogP contribution < -0.4 is 5.32 Å². The number of amides is 1. The first-order valence-corrected chi connectivity index (χ1v) is 8.38. The summed E-state index contributed by atoms with van der Waals surface area (Å²) in [4.78, 5) is 22.6. The molecule has 0 aromatic heterocycles. The summed E-state index contributed by atoms with van der Waals surface area (Å²) in [6.07, 6.45) is 0. The van der Waals surface area contributed by atoms with E-state index in [4.69, 9.17) is 0 Å². The molecule has 23 heavy (non-hydrogen) atoms. The Morgan fingerprint density at radius 1 is 1.13 bits per heavy atom. The number of para-hydroxylation sites is 1. The van der Waals surface area contributed by atoms with E-state index >= 15 is 0 Å². The van der Waals surface area contributed by atoms with Crippen LogP contribution in [-0.4, -0.2) is 25.0 Å². The molecular weight excluding hydrogens is 320 g/mol. The normalized spacial score (nSPS) is 11.0. The number of nitrogens with one attached hydrogen (secondary N) is 1.